The van der Waals surface area contributed by atoms with Gasteiger partial charge in [0.05, 0.1) is 12.6 Å². The van der Waals surface area contributed by atoms with Crippen molar-refractivity contribution in [2.24, 2.45) is 0 Å². The van der Waals surface area contributed by atoms with Crippen molar-refractivity contribution in [3.8, 4) is 28.4 Å². The molecule has 0 fully saturated rings. The molecule has 1 aromatic heterocycles. The maximum absolute atomic E-state index is 14.1. The molecule has 2 heterocycles. The van der Waals surface area contributed by atoms with Crippen LogP contribution in [0.2, 0.25) is 0 Å². The SMILES string of the molecule is COc1cc(OC(=O)c2cc3ccccc3s2)ccc1-c1ccc2c(c1COc1cc(F)ccc1C)C(C)=CC(C)(C)N2. The molecule has 1 aliphatic rings. The summed E-state index contributed by atoms with van der Waals surface area (Å²) in [6.45, 7) is 8.45. The highest BCUT2D eigenvalue weighted by Gasteiger charge is 2.27. The first-order valence-electron chi connectivity index (χ1n) is 14.0. The molecule has 5 nitrogen and oxygen atoms in total. The van der Waals surface area contributed by atoms with Crippen LogP contribution >= 0.6 is 11.3 Å². The van der Waals surface area contributed by atoms with Crippen LogP contribution in [0.15, 0.2) is 84.9 Å². The Hall–Kier alpha value is -4.62. The average Bonchev–Trinajstić information content (AvgIpc) is 3.41. The molecule has 43 heavy (non-hydrogen) atoms. The zero-order valence-electron chi connectivity index (χ0n) is 24.7. The highest BCUT2D eigenvalue weighted by atomic mass is 32.1. The van der Waals surface area contributed by atoms with Gasteiger partial charge < -0.3 is 19.5 Å². The Morgan fingerprint density at radius 2 is 1.72 bits per heavy atom. The van der Waals surface area contributed by atoms with E-state index in [1.807, 2.05) is 49.4 Å². The molecule has 5 aromatic rings. The molecule has 0 spiro atoms. The number of ether oxygens (including phenoxy) is 3. The van der Waals surface area contributed by atoms with Crippen LogP contribution in [0, 0.1) is 12.7 Å². The highest BCUT2D eigenvalue weighted by molar-refractivity contribution is 7.20. The lowest BCUT2D eigenvalue weighted by atomic mass is 9.85. The molecule has 0 saturated carbocycles. The van der Waals surface area contributed by atoms with Gasteiger partial charge >= 0.3 is 5.97 Å². The largest absolute Gasteiger partial charge is 0.496 e. The van der Waals surface area contributed by atoms with Gasteiger partial charge in [-0.1, -0.05) is 36.4 Å². The van der Waals surface area contributed by atoms with Gasteiger partial charge in [-0.15, -0.1) is 11.3 Å². The van der Waals surface area contributed by atoms with Crippen LogP contribution < -0.4 is 19.5 Å². The smallest absolute Gasteiger partial charge is 0.353 e. The number of methoxy groups -OCH3 is 1. The minimum Gasteiger partial charge on any atom is -0.496 e. The van der Waals surface area contributed by atoms with Crippen molar-refractivity contribution in [2.75, 3.05) is 12.4 Å². The first-order valence-corrected chi connectivity index (χ1v) is 14.9. The normalized spacial score (nSPS) is 13.6. The molecule has 0 atom stereocenters. The topological polar surface area (TPSA) is 56.8 Å². The van der Waals surface area contributed by atoms with E-state index in [2.05, 4.69) is 38.2 Å². The van der Waals surface area contributed by atoms with Gasteiger partial charge in [-0.2, -0.15) is 0 Å². The number of fused-ring (bicyclic) bond motifs is 2. The van der Waals surface area contributed by atoms with Crippen LogP contribution in [-0.4, -0.2) is 18.6 Å². The predicted molar refractivity (Wildman–Crippen MR) is 172 cm³/mol. The Kier molecular flexibility index (Phi) is 7.44. The fourth-order valence-electron chi connectivity index (χ4n) is 5.68. The number of nitrogens with one attached hydrogen (secondary N) is 1. The van der Waals surface area contributed by atoms with Crippen LogP contribution in [0.5, 0.6) is 17.2 Å². The van der Waals surface area contributed by atoms with Gasteiger partial charge in [-0.05, 0) is 86.2 Å². The molecular weight excluding hydrogens is 561 g/mol. The molecule has 4 aromatic carbocycles. The molecule has 0 unspecified atom stereocenters. The van der Waals surface area contributed by atoms with Crippen LogP contribution in [0.4, 0.5) is 10.1 Å². The molecule has 6 rings (SSSR count). The number of hydrogen-bond donors (Lipinski definition) is 1. The zero-order chi connectivity index (χ0) is 30.3. The van der Waals surface area contributed by atoms with E-state index in [-0.39, 0.29) is 18.0 Å². The predicted octanol–water partition coefficient (Wildman–Crippen LogP) is 9.43. The third kappa shape index (κ3) is 5.73. The highest BCUT2D eigenvalue weighted by Crippen LogP contribution is 2.43. The third-order valence-electron chi connectivity index (χ3n) is 7.56. The van der Waals surface area contributed by atoms with Gasteiger partial charge in [0.15, 0.2) is 0 Å². The van der Waals surface area contributed by atoms with Crippen molar-refractivity contribution in [2.45, 2.75) is 39.8 Å². The number of carbonyl (C=O) groups excluding carboxylic acids is 1. The minimum absolute atomic E-state index is 0.210. The van der Waals surface area contributed by atoms with Crippen molar-refractivity contribution < 1.29 is 23.4 Å². The van der Waals surface area contributed by atoms with Crippen LogP contribution in [0.3, 0.4) is 0 Å². The van der Waals surface area contributed by atoms with Gasteiger partial charge in [0.25, 0.3) is 0 Å². The summed E-state index contributed by atoms with van der Waals surface area (Å²) in [5.41, 5.74) is 6.44. The summed E-state index contributed by atoms with van der Waals surface area (Å²) in [6, 6.07) is 23.7. The molecule has 1 aliphatic heterocycles. The molecular formula is C36H32FNO4S. The Morgan fingerprint density at radius 3 is 2.51 bits per heavy atom. The van der Waals surface area contributed by atoms with Gasteiger partial charge in [0.2, 0.25) is 0 Å². The van der Waals surface area contributed by atoms with E-state index in [0.29, 0.717) is 22.1 Å². The maximum atomic E-state index is 14.1. The summed E-state index contributed by atoms with van der Waals surface area (Å²) in [4.78, 5) is 13.5. The number of hydrogen-bond acceptors (Lipinski definition) is 6. The lowest BCUT2D eigenvalue weighted by Gasteiger charge is -2.33. The van der Waals surface area contributed by atoms with Gasteiger partial charge in [-0.3, -0.25) is 0 Å². The molecule has 0 amide bonds. The van der Waals surface area contributed by atoms with Crippen LogP contribution in [0.1, 0.15) is 47.1 Å². The number of esters is 1. The summed E-state index contributed by atoms with van der Waals surface area (Å²) in [5, 5.41) is 4.61. The lowest BCUT2D eigenvalue weighted by molar-refractivity contribution is 0.0739. The van der Waals surface area contributed by atoms with E-state index in [0.717, 1.165) is 49.2 Å². The van der Waals surface area contributed by atoms with Gasteiger partial charge in [-0.25, -0.2) is 9.18 Å². The van der Waals surface area contributed by atoms with Crippen LogP contribution in [0.25, 0.3) is 26.8 Å². The molecule has 218 valence electrons. The van der Waals surface area contributed by atoms with Gasteiger partial charge in [0.1, 0.15) is 34.5 Å². The summed E-state index contributed by atoms with van der Waals surface area (Å²) in [6.07, 6.45) is 2.20. The summed E-state index contributed by atoms with van der Waals surface area (Å²) in [5.74, 6) is 0.658. The number of halogens is 1. The Balaban J connectivity index is 1.38. The molecule has 0 aliphatic carbocycles. The second-order valence-corrected chi connectivity index (χ2v) is 12.4. The maximum Gasteiger partial charge on any atom is 0.353 e. The number of benzene rings is 4. The standard InChI is InChI=1S/C36H32FNO4S/c1-21-10-11-24(37)17-30(21)41-20-28-26(14-15-29-34(28)22(2)19-36(3,4)38-29)27-13-12-25(18-31(27)40-5)42-35(39)33-16-23-8-6-7-9-32(23)43-33/h6-19,38H,20H2,1-5H3. The molecule has 0 saturated heterocycles. The van der Waals surface area contributed by atoms with Crippen molar-refractivity contribution in [3.63, 3.8) is 0 Å². The fraction of sp³-hybridized carbons (Fsp3) is 0.194. The molecule has 0 bridgehead atoms. The summed E-state index contributed by atoms with van der Waals surface area (Å²) < 4.78 is 32.9. The summed E-state index contributed by atoms with van der Waals surface area (Å²) in [7, 11) is 1.59. The first kappa shape index (κ1) is 28.5. The second-order valence-electron chi connectivity index (χ2n) is 11.3. The molecule has 0 radical (unpaired) electrons. The van der Waals surface area contributed by atoms with Crippen molar-refractivity contribution in [3.05, 3.63) is 112 Å². The van der Waals surface area contributed by atoms with E-state index in [1.165, 1.54) is 23.5 Å². The number of thiophene rings is 1. The number of aryl methyl sites for hydroxylation is 1. The van der Waals surface area contributed by atoms with E-state index in [1.54, 1.807) is 25.3 Å². The minimum atomic E-state index is -0.418. The fourth-order valence-corrected chi connectivity index (χ4v) is 6.62. The number of carbonyl (C=O) groups is 1. The molecule has 7 heteroatoms. The molecule has 1 N–H and O–H groups in total. The van der Waals surface area contributed by atoms with E-state index < -0.39 is 5.97 Å². The van der Waals surface area contributed by atoms with Crippen molar-refractivity contribution >= 4 is 38.7 Å². The Morgan fingerprint density at radius 1 is 0.930 bits per heavy atom. The van der Waals surface area contributed by atoms with Crippen molar-refractivity contribution in [1.29, 1.82) is 0 Å². The second kappa shape index (κ2) is 11.2. The van der Waals surface area contributed by atoms with Gasteiger partial charge in [0, 0.05) is 39.2 Å². The van der Waals surface area contributed by atoms with E-state index in [9.17, 15) is 9.18 Å². The third-order valence-corrected chi connectivity index (χ3v) is 8.66. The number of rotatable bonds is 7. The number of allylic oxidation sites excluding steroid dienone is 1. The van der Waals surface area contributed by atoms with E-state index >= 15 is 0 Å². The average molecular weight is 594 g/mol. The monoisotopic (exact) mass is 593 g/mol. The van der Waals surface area contributed by atoms with E-state index in [4.69, 9.17) is 14.2 Å². The number of anilines is 1. The quantitative estimate of drug-likeness (QED) is 0.150. The van der Waals surface area contributed by atoms with Crippen LogP contribution in [-0.2, 0) is 6.61 Å². The zero-order valence-corrected chi connectivity index (χ0v) is 25.5. The lowest BCUT2D eigenvalue weighted by Crippen LogP contribution is -2.32. The Bertz CT molecular complexity index is 1870. The van der Waals surface area contributed by atoms with Crippen molar-refractivity contribution in [1.82, 2.24) is 0 Å². The summed E-state index contributed by atoms with van der Waals surface area (Å²) >= 11 is 1.40. The first-order chi connectivity index (χ1) is 20.6. The Labute approximate surface area is 254 Å².